The van der Waals surface area contributed by atoms with E-state index in [4.69, 9.17) is 16.3 Å². The maximum atomic E-state index is 13.2. The quantitative estimate of drug-likeness (QED) is 0.848. The number of anilines is 2. The van der Waals surface area contributed by atoms with Crippen LogP contribution < -0.4 is 15.0 Å². The fourth-order valence-electron chi connectivity index (χ4n) is 2.38. The standard InChI is InChI=1S/C17H12ClFN2O4/c18-12-6-11(2-3-13(12)19)20-16(23)7-21-14-5-10(8-22)1-4-15(14)25-9-17(21)24/h1-6,8H,7,9H2,(H,20,23). The van der Waals surface area contributed by atoms with Crippen LogP contribution in [0.15, 0.2) is 36.4 Å². The normalized spacial score (nSPS) is 13.0. The summed E-state index contributed by atoms with van der Waals surface area (Å²) in [5.41, 5.74) is 1.000. The van der Waals surface area contributed by atoms with E-state index in [1.165, 1.54) is 23.1 Å². The third-order valence-corrected chi connectivity index (χ3v) is 3.86. The Hall–Kier alpha value is -2.93. The highest BCUT2D eigenvalue weighted by Crippen LogP contribution is 2.32. The lowest BCUT2D eigenvalue weighted by atomic mass is 10.1. The second kappa shape index (κ2) is 6.90. The minimum absolute atomic E-state index is 0.124. The molecule has 2 aromatic carbocycles. The molecule has 0 spiro atoms. The van der Waals surface area contributed by atoms with E-state index in [0.717, 1.165) is 6.07 Å². The van der Waals surface area contributed by atoms with Gasteiger partial charge in [0, 0.05) is 11.3 Å². The van der Waals surface area contributed by atoms with E-state index in [-0.39, 0.29) is 18.2 Å². The zero-order valence-electron chi connectivity index (χ0n) is 12.8. The monoisotopic (exact) mass is 362 g/mol. The Morgan fingerprint density at radius 2 is 2.12 bits per heavy atom. The lowest BCUT2D eigenvalue weighted by Gasteiger charge is -2.29. The summed E-state index contributed by atoms with van der Waals surface area (Å²) in [6.45, 7) is -0.490. The highest BCUT2D eigenvalue weighted by molar-refractivity contribution is 6.31. The molecule has 2 aromatic rings. The average Bonchev–Trinajstić information content (AvgIpc) is 2.60. The van der Waals surface area contributed by atoms with Gasteiger partial charge in [-0.15, -0.1) is 0 Å². The second-order valence-electron chi connectivity index (χ2n) is 5.29. The fraction of sp³-hybridized carbons (Fsp3) is 0.118. The van der Waals surface area contributed by atoms with Crippen molar-refractivity contribution in [1.29, 1.82) is 0 Å². The van der Waals surface area contributed by atoms with Crippen molar-refractivity contribution in [2.45, 2.75) is 0 Å². The average molecular weight is 363 g/mol. The second-order valence-corrected chi connectivity index (χ2v) is 5.70. The smallest absolute Gasteiger partial charge is 0.265 e. The molecule has 128 valence electrons. The summed E-state index contributed by atoms with van der Waals surface area (Å²) in [5.74, 6) is -1.11. The van der Waals surface area contributed by atoms with Crippen LogP contribution in [0.5, 0.6) is 5.75 Å². The number of carbonyl (C=O) groups excluding carboxylic acids is 3. The molecule has 1 heterocycles. The molecule has 0 fully saturated rings. The topological polar surface area (TPSA) is 75.7 Å². The van der Waals surface area contributed by atoms with Gasteiger partial charge in [0.25, 0.3) is 5.91 Å². The first kappa shape index (κ1) is 16.9. The Bertz CT molecular complexity index is 872. The molecule has 25 heavy (non-hydrogen) atoms. The molecule has 0 bridgehead atoms. The molecular weight excluding hydrogens is 351 g/mol. The van der Waals surface area contributed by atoms with Crippen LogP contribution in [0.3, 0.4) is 0 Å². The van der Waals surface area contributed by atoms with E-state index in [0.29, 0.717) is 29.0 Å². The number of aldehydes is 1. The fourth-order valence-corrected chi connectivity index (χ4v) is 2.56. The van der Waals surface area contributed by atoms with Crippen molar-refractivity contribution < 1.29 is 23.5 Å². The minimum atomic E-state index is -0.599. The van der Waals surface area contributed by atoms with Crippen LogP contribution in [-0.2, 0) is 9.59 Å². The summed E-state index contributed by atoms with van der Waals surface area (Å²) in [5, 5.41) is 2.42. The van der Waals surface area contributed by atoms with Crippen molar-refractivity contribution in [3.63, 3.8) is 0 Å². The van der Waals surface area contributed by atoms with Gasteiger partial charge >= 0.3 is 0 Å². The molecule has 3 rings (SSSR count). The SMILES string of the molecule is O=Cc1ccc2c(c1)N(CC(=O)Nc1ccc(F)c(Cl)c1)C(=O)CO2. The largest absolute Gasteiger partial charge is 0.482 e. The number of hydrogen-bond acceptors (Lipinski definition) is 4. The number of amides is 2. The molecule has 0 saturated carbocycles. The van der Waals surface area contributed by atoms with Crippen LogP contribution in [-0.4, -0.2) is 31.3 Å². The predicted octanol–water partition coefficient (Wildman–Crippen LogP) is 2.66. The number of nitrogens with one attached hydrogen (secondary N) is 1. The van der Waals surface area contributed by atoms with E-state index < -0.39 is 17.6 Å². The molecule has 1 aliphatic heterocycles. The van der Waals surface area contributed by atoms with Crippen LogP contribution in [0.4, 0.5) is 15.8 Å². The highest BCUT2D eigenvalue weighted by atomic mass is 35.5. The van der Waals surface area contributed by atoms with Crippen LogP contribution in [0.1, 0.15) is 10.4 Å². The van der Waals surface area contributed by atoms with Gasteiger partial charge in [-0.05, 0) is 36.4 Å². The van der Waals surface area contributed by atoms with Gasteiger partial charge in [-0.2, -0.15) is 0 Å². The molecule has 0 radical (unpaired) electrons. The number of hydrogen-bond donors (Lipinski definition) is 1. The number of carbonyl (C=O) groups is 3. The molecule has 0 atom stereocenters. The number of rotatable bonds is 4. The maximum absolute atomic E-state index is 13.2. The van der Waals surface area contributed by atoms with Gasteiger partial charge in [-0.3, -0.25) is 19.3 Å². The van der Waals surface area contributed by atoms with Crippen LogP contribution >= 0.6 is 11.6 Å². The molecule has 0 unspecified atom stereocenters. The zero-order chi connectivity index (χ0) is 18.0. The zero-order valence-corrected chi connectivity index (χ0v) is 13.5. The van der Waals surface area contributed by atoms with Crippen molar-refractivity contribution in [1.82, 2.24) is 0 Å². The van der Waals surface area contributed by atoms with Gasteiger partial charge in [0.15, 0.2) is 6.61 Å². The van der Waals surface area contributed by atoms with Crippen LogP contribution in [0.2, 0.25) is 5.02 Å². The first-order valence-corrected chi connectivity index (χ1v) is 7.63. The number of nitrogens with zero attached hydrogens (tertiary/aromatic N) is 1. The number of halogens is 2. The van der Waals surface area contributed by atoms with Crippen molar-refractivity contribution in [3.05, 3.63) is 52.8 Å². The third kappa shape index (κ3) is 3.61. The van der Waals surface area contributed by atoms with E-state index in [9.17, 15) is 18.8 Å². The Morgan fingerprint density at radius 3 is 2.84 bits per heavy atom. The third-order valence-electron chi connectivity index (χ3n) is 3.57. The van der Waals surface area contributed by atoms with Gasteiger partial charge < -0.3 is 10.1 Å². The van der Waals surface area contributed by atoms with Crippen molar-refractivity contribution in [3.8, 4) is 5.75 Å². The minimum Gasteiger partial charge on any atom is -0.482 e. The van der Waals surface area contributed by atoms with E-state index >= 15 is 0 Å². The van der Waals surface area contributed by atoms with Gasteiger partial charge in [0.05, 0.1) is 10.7 Å². The molecule has 1 N–H and O–H groups in total. The van der Waals surface area contributed by atoms with Crippen molar-refractivity contribution in [2.75, 3.05) is 23.4 Å². The number of benzene rings is 2. The summed E-state index contributed by atoms with van der Waals surface area (Å²) in [7, 11) is 0. The van der Waals surface area contributed by atoms with E-state index in [1.807, 2.05) is 0 Å². The first-order valence-electron chi connectivity index (χ1n) is 7.25. The van der Waals surface area contributed by atoms with Crippen LogP contribution in [0.25, 0.3) is 0 Å². The van der Waals surface area contributed by atoms with E-state index in [2.05, 4.69) is 5.32 Å². The molecule has 0 saturated heterocycles. The van der Waals surface area contributed by atoms with Gasteiger partial charge in [0.1, 0.15) is 24.4 Å². The van der Waals surface area contributed by atoms with E-state index in [1.54, 1.807) is 12.1 Å². The molecule has 0 aromatic heterocycles. The van der Waals surface area contributed by atoms with Crippen molar-refractivity contribution in [2.24, 2.45) is 0 Å². The Morgan fingerprint density at radius 1 is 1.32 bits per heavy atom. The molecule has 2 amide bonds. The number of fused-ring (bicyclic) bond motifs is 1. The lowest BCUT2D eigenvalue weighted by Crippen LogP contribution is -2.43. The molecule has 6 nitrogen and oxygen atoms in total. The first-order chi connectivity index (χ1) is 12.0. The Kier molecular flexibility index (Phi) is 4.67. The summed E-state index contributed by atoms with van der Waals surface area (Å²) in [4.78, 5) is 36.5. The molecule has 0 aliphatic carbocycles. The summed E-state index contributed by atoms with van der Waals surface area (Å²) in [6, 6.07) is 8.36. The Labute approximate surface area is 147 Å². The highest BCUT2D eigenvalue weighted by Gasteiger charge is 2.27. The van der Waals surface area contributed by atoms with Gasteiger partial charge in [-0.1, -0.05) is 11.6 Å². The summed E-state index contributed by atoms with van der Waals surface area (Å²) < 4.78 is 18.5. The molecule has 8 heteroatoms. The maximum Gasteiger partial charge on any atom is 0.265 e. The van der Waals surface area contributed by atoms with Gasteiger partial charge in [0.2, 0.25) is 5.91 Å². The Balaban J connectivity index is 1.79. The predicted molar refractivity (Wildman–Crippen MR) is 89.7 cm³/mol. The molecule has 1 aliphatic rings. The summed E-state index contributed by atoms with van der Waals surface area (Å²) in [6.07, 6.45) is 0.637. The van der Waals surface area contributed by atoms with Crippen molar-refractivity contribution >= 4 is 41.1 Å². The lowest BCUT2D eigenvalue weighted by molar-refractivity contribution is -0.123. The molecular formula is C17H12ClFN2O4. The van der Waals surface area contributed by atoms with Crippen LogP contribution in [0, 0.1) is 5.82 Å². The summed E-state index contributed by atoms with van der Waals surface area (Å²) >= 11 is 5.67. The van der Waals surface area contributed by atoms with Gasteiger partial charge in [-0.25, -0.2) is 4.39 Å². The number of ether oxygens (including phenoxy) is 1.